The molecule has 6 heterocycles. The second-order valence-corrected chi connectivity index (χ2v) is 14.7. The van der Waals surface area contributed by atoms with Crippen LogP contribution in [0.15, 0.2) is 0 Å². The van der Waals surface area contributed by atoms with Gasteiger partial charge in [-0.05, 0) is 20.8 Å². The molecule has 25 atom stereocenters. The van der Waals surface area contributed by atoms with Crippen molar-refractivity contribution in [2.45, 2.75) is 181 Å². The average molecular weight is 804 g/mol. The lowest BCUT2D eigenvalue weighted by molar-refractivity contribution is -0.420. The number of hydrogen-bond acceptors (Lipinski definition) is 22. The number of amides is 1. The van der Waals surface area contributed by atoms with Crippen LogP contribution in [-0.4, -0.2) is 229 Å². The highest BCUT2D eigenvalue weighted by molar-refractivity contribution is 5.73. The van der Waals surface area contributed by atoms with Crippen molar-refractivity contribution in [1.82, 2.24) is 5.32 Å². The van der Waals surface area contributed by atoms with Gasteiger partial charge in [0.2, 0.25) is 5.91 Å². The van der Waals surface area contributed by atoms with Crippen LogP contribution in [0.5, 0.6) is 0 Å². The van der Waals surface area contributed by atoms with E-state index in [4.69, 9.17) is 47.4 Å². The molecule has 0 saturated carbocycles. The first-order chi connectivity index (χ1) is 26.0. The van der Waals surface area contributed by atoms with Gasteiger partial charge in [-0.1, -0.05) is 0 Å². The molecule has 23 heteroatoms. The van der Waals surface area contributed by atoms with Crippen molar-refractivity contribution in [1.29, 1.82) is 0 Å². The van der Waals surface area contributed by atoms with E-state index in [1.165, 1.54) is 20.8 Å². The fraction of sp³-hybridized carbons (Fsp3) is 0.969. The van der Waals surface area contributed by atoms with Gasteiger partial charge in [-0.15, -0.1) is 0 Å². The molecule has 6 rings (SSSR count). The van der Waals surface area contributed by atoms with Crippen molar-refractivity contribution in [3.63, 3.8) is 0 Å². The van der Waals surface area contributed by atoms with Gasteiger partial charge in [0, 0.05) is 6.92 Å². The van der Waals surface area contributed by atoms with Crippen molar-refractivity contribution >= 4 is 5.91 Å². The standard InChI is InChI=1S/C32H53NO22/c1-7-15(38)21(44)26-30(46-7)52-24-16(39)9(3)48-32(27(24)55-29-22(45)19(42)17(40)11(5-34)50-29)51-23-13(33-10(4)36)28(49-12(6-35)18(23)41)53-25-20(43)14(37)8(2)47-31(25)54-26/h7-9,11-32,34-35,37-45H,5-6H2,1-4H3,(H,33,36)/t7-,8-,9-,11+,12+,13+,14-,15+,16-,17+,18+,19-,20+,21+,22+,23+,24+,25+,26+,27+,28-,29+,30-,31-,32-/m0/s1. The molecule has 4 bridgehead atoms. The zero-order valence-corrected chi connectivity index (χ0v) is 30.3. The van der Waals surface area contributed by atoms with Crippen LogP contribution in [0, 0.1) is 0 Å². The first-order valence-corrected chi connectivity index (χ1v) is 18.1. The molecule has 0 aromatic carbocycles. The topological polar surface area (TPSA) is 344 Å². The predicted molar refractivity (Wildman–Crippen MR) is 171 cm³/mol. The largest absolute Gasteiger partial charge is 0.394 e. The second kappa shape index (κ2) is 17.5. The Labute approximate surface area is 314 Å². The number of aliphatic hydroxyl groups excluding tert-OH is 11. The van der Waals surface area contributed by atoms with E-state index >= 15 is 0 Å². The number of carbonyl (C=O) groups excluding carboxylic acids is 1. The van der Waals surface area contributed by atoms with E-state index in [-0.39, 0.29) is 0 Å². The molecule has 6 saturated heterocycles. The third kappa shape index (κ3) is 8.41. The molecule has 0 radical (unpaired) electrons. The minimum absolute atomic E-state index is 0.703. The Bertz CT molecular complexity index is 1290. The minimum Gasteiger partial charge on any atom is -0.394 e. The van der Waals surface area contributed by atoms with Gasteiger partial charge in [0.15, 0.2) is 31.5 Å². The number of nitrogens with one attached hydrogen (secondary N) is 1. The van der Waals surface area contributed by atoms with Crippen LogP contribution in [0.1, 0.15) is 27.7 Å². The number of rotatable bonds is 5. The van der Waals surface area contributed by atoms with Crippen LogP contribution in [0.4, 0.5) is 0 Å². The van der Waals surface area contributed by atoms with Crippen LogP contribution in [-0.2, 0) is 52.2 Å². The highest BCUT2D eigenvalue weighted by atomic mass is 16.8. The van der Waals surface area contributed by atoms with E-state index in [2.05, 4.69) is 5.32 Å². The van der Waals surface area contributed by atoms with Crippen LogP contribution in [0.25, 0.3) is 0 Å². The summed E-state index contributed by atoms with van der Waals surface area (Å²) in [6, 6.07) is -1.53. The van der Waals surface area contributed by atoms with E-state index in [1.54, 1.807) is 0 Å². The second-order valence-electron chi connectivity index (χ2n) is 14.7. The maximum atomic E-state index is 12.6. The molecule has 0 unspecified atom stereocenters. The number of ether oxygens (including phenoxy) is 10. The van der Waals surface area contributed by atoms with E-state index < -0.39 is 173 Å². The van der Waals surface area contributed by atoms with Crippen LogP contribution in [0.3, 0.4) is 0 Å². The number of aliphatic hydroxyl groups is 11. The van der Waals surface area contributed by atoms with Gasteiger partial charge in [-0.25, -0.2) is 0 Å². The first kappa shape index (κ1) is 43.2. The van der Waals surface area contributed by atoms with Gasteiger partial charge in [0.05, 0.1) is 31.5 Å². The normalized spacial score (nSPS) is 55.0. The Morgan fingerprint density at radius 1 is 0.491 bits per heavy atom. The van der Waals surface area contributed by atoms with Gasteiger partial charge < -0.3 is 109 Å². The fourth-order valence-corrected chi connectivity index (χ4v) is 7.60. The molecule has 0 aromatic heterocycles. The lowest BCUT2D eigenvalue weighted by Crippen LogP contribution is -2.71. The molecular formula is C32H53NO22. The molecule has 0 spiro atoms. The van der Waals surface area contributed by atoms with Crippen LogP contribution >= 0.6 is 0 Å². The van der Waals surface area contributed by atoms with Gasteiger partial charge in [0.1, 0.15) is 104 Å². The lowest BCUT2D eigenvalue weighted by Gasteiger charge is -2.53. The molecule has 23 nitrogen and oxygen atoms in total. The Kier molecular flexibility index (Phi) is 13.7. The third-order valence-corrected chi connectivity index (χ3v) is 10.9. The van der Waals surface area contributed by atoms with Crippen molar-refractivity contribution in [2.75, 3.05) is 13.2 Å². The molecule has 6 fully saturated rings. The summed E-state index contributed by atoms with van der Waals surface area (Å²) in [6.07, 6.45) is -39.8. The van der Waals surface area contributed by atoms with Crippen LogP contribution in [0.2, 0.25) is 0 Å². The molecule has 55 heavy (non-hydrogen) atoms. The predicted octanol–water partition coefficient (Wildman–Crippen LogP) is -7.65. The Hall–Kier alpha value is -1.37. The zero-order valence-electron chi connectivity index (χ0n) is 30.3. The highest BCUT2D eigenvalue weighted by Crippen LogP contribution is 2.39. The molecule has 0 aliphatic carbocycles. The molecule has 0 aromatic rings. The Morgan fingerprint density at radius 2 is 0.964 bits per heavy atom. The molecule has 1 amide bonds. The van der Waals surface area contributed by atoms with Crippen molar-refractivity contribution in [3.8, 4) is 0 Å². The summed E-state index contributed by atoms with van der Waals surface area (Å²) in [6.45, 7) is 3.65. The first-order valence-electron chi connectivity index (χ1n) is 18.1. The maximum Gasteiger partial charge on any atom is 0.217 e. The van der Waals surface area contributed by atoms with Gasteiger partial charge in [0.25, 0.3) is 0 Å². The summed E-state index contributed by atoms with van der Waals surface area (Å²) in [4.78, 5) is 12.6. The van der Waals surface area contributed by atoms with Gasteiger partial charge in [-0.2, -0.15) is 0 Å². The highest BCUT2D eigenvalue weighted by Gasteiger charge is 2.59. The third-order valence-electron chi connectivity index (χ3n) is 10.9. The van der Waals surface area contributed by atoms with Gasteiger partial charge in [-0.3, -0.25) is 4.79 Å². The van der Waals surface area contributed by atoms with Crippen molar-refractivity contribution in [2.24, 2.45) is 0 Å². The fourth-order valence-electron chi connectivity index (χ4n) is 7.60. The number of hydrogen-bond donors (Lipinski definition) is 12. The lowest BCUT2D eigenvalue weighted by atomic mass is 9.94. The monoisotopic (exact) mass is 803 g/mol. The summed E-state index contributed by atoms with van der Waals surface area (Å²) in [5, 5.41) is 122. The SMILES string of the molecule is CC(=O)N[C@H]1[C@@H]2O[C@H]3[C@H](O[C@H]4[C@H](O[C@@H]5[C@@H](O)[C@H](C)O[C@@H](O[C@H]1[C@H](O)[C@@H](CO)O2)[C@@H]5O[C@H]1O[C@H](CO)[C@@H](O)[C@H](O)[C@H]1O)O[C@@H](C)[C@@H](O)[C@H]4O)O[C@@H](C)[C@H](O)[C@H]3O. The van der Waals surface area contributed by atoms with Crippen molar-refractivity contribution in [3.05, 3.63) is 0 Å². The summed E-state index contributed by atoms with van der Waals surface area (Å²) in [5.41, 5.74) is 0. The Balaban J connectivity index is 1.48. The quantitative estimate of drug-likeness (QED) is 0.123. The summed E-state index contributed by atoms with van der Waals surface area (Å²) in [5.74, 6) is -0.703. The minimum atomic E-state index is -1.98. The van der Waals surface area contributed by atoms with E-state index in [1.807, 2.05) is 0 Å². The smallest absolute Gasteiger partial charge is 0.217 e. The average Bonchev–Trinajstić information content (AvgIpc) is 3.14. The molecule has 12 N–H and O–H groups in total. The van der Waals surface area contributed by atoms with Gasteiger partial charge >= 0.3 is 0 Å². The van der Waals surface area contributed by atoms with Crippen molar-refractivity contribution < 1.29 is 108 Å². The molecule has 6 aliphatic heterocycles. The zero-order chi connectivity index (χ0) is 40.2. The van der Waals surface area contributed by atoms with E-state index in [0.717, 1.165) is 6.92 Å². The number of carbonyl (C=O) groups is 1. The molecular weight excluding hydrogens is 750 g/mol. The molecule has 318 valence electrons. The summed E-state index contributed by atoms with van der Waals surface area (Å²) >= 11 is 0. The van der Waals surface area contributed by atoms with Crippen LogP contribution < -0.4 is 5.32 Å². The summed E-state index contributed by atoms with van der Waals surface area (Å²) in [7, 11) is 0. The van der Waals surface area contributed by atoms with E-state index in [9.17, 15) is 61.0 Å². The summed E-state index contributed by atoms with van der Waals surface area (Å²) < 4.78 is 60.3. The Morgan fingerprint density at radius 3 is 1.51 bits per heavy atom. The maximum absolute atomic E-state index is 12.6. The number of fused-ring (bicyclic) bond motifs is 6. The molecule has 6 aliphatic rings. The van der Waals surface area contributed by atoms with E-state index in [0.29, 0.717) is 0 Å².